The minimum absolute atomic E-state index is 0. The standard InChI is InChI=1S/C15H24ClN3OS.HI/c1-17-15(18-8-3-4-11-21-2)19-9-10-20-14-7-5-6-13(16)12-14;/h5-7,12H,3-4,8-11H2,1-2H3,(H2,17,18,19);1H. The number of nitrogens with one attached hydrogen (secondary N) is 2. The maximum absolute atomic E-state index is 5.90. The molecular formula is C15H25ClIN3OS. The maximum Gasteiger partial charge on any atom is 0.191 e. The molecule has 0 atom stereocenters. The molecule has 0 radical (unpaired) electrons. The molecule has 0 bridgehead atoms. The van der Waals surface area contributed by atoms with Gasteiger partial charge in [0, 0.05) is 18.6 Å². The van der Waals surface area contributed by atoms with E-state index in [0.717, 1.165) is 24.7 Å². The second-order valence-corrected chi connectivity index (χ2v) is 5.85. The molecule has 0 heterocycles. The van der Waals surface area contributed by atoms with Crippen LogP contribution in [0, 0.1) is 0 Å². The molecule has 126 valence electrons. The Morgan fingerprint density at radius 3 is 2.73 bits per heavy atom. The molecule has 0 aliphatic heterocycles. The number of ether oxygens (including phenoxy) is 1. The van der Waals surface area contributed by atoms with Gasteiger partial charge in [-0.2, -0.15) is 11.8 Å². The third-order valence-electron chi connectivity index (χ3n) is 2.75. The van der Waals surface area contributed by atoms with Gasteiger partial charge in [-0.15, -0.1) is 24.0 Å². The van der Waals surface area contributed by atoms with E-state index in [4.69, 9.17) is 16.3 Å². The minimum atomic E-state index is 0. The molecule has 2 N–H and O–H groups in total. The molecule has 0 spiro atoms. The first-order chi connectivity index (χ1) is 10.3. The summed E-state index contributed by atoms with van der Waals surface area (Å²) in [4.78, 5) is 4.18. The van der Waals surface area contributed by atoms with Gasteiger partial charge in [-0.1, -0.05) is 17.7 Å². The fraction of sp³-hybridized carbons (Fsp3) is 0.533. The van der Waals surface area contributed by atoms with Gasteiger partial charge in [0.1, 0.15) is 12.4 Å². The number of halogens is 2. The van der Waals surface area contributed by atoms with Crippen molar-refractivity contribution in [2.24, 2.45) is 4.99 Å². The first kappa shape index (κ1) is 21.7. The molecule has 0 unspecified atom stereocenters. The smallest absolute Gasteiger partial charge is 0.191 e. The number of nitrogens with zero attached hydrogens (tertiary/aromatic N) is 1. The Balaban J connectivity index is 0.00000441. The van der Waals surface area contributed by atoms with Gasteiger partial charge in [0.2, 0.25) is 0 Å². The van der Waals surface area contributed by atoms with E-state index in [0.29, 0.717) is 18.2 Å². The zero-order valence-electron chi connectivity index (χ0n) is 13.1. The minimum Gasteiger partial charge on any atom is -0.492 e. The molecule has 1 rings (SSSR count). The van der Waals surface area contributed by atoms with Crippen LogP contribution in [0.5, 0.6) is 5.75 Å². The topological polar surface area (TPSA) is 45.7 Å². The van der Waals surface area contributed by atoms with Crippen molar-refractivity contribution in [3.63, 3.8) is 0 Å². The Morgan fingerprint density at radius 2 is 2.05 bits per heavy atom. The number of hydrogen-bond acceptors (Lipinski definition) is 3. The van der Waals surface area contributed by atoms with Crippen molar-refractivity contribution >= 4 is 53.3 Å². The summed E-state index contributed by atoms with van der Waals surface area (Å²) in [7, 11) is 1.77. The fourth-order valence-electron chi connectivity index (χ4n) is 1.69. The van der Waals surface area contributed by atoms with Crippen molar-refractivity contribution in [3.8, 4) is 5.75 Å². The number of thioether (sulfide) groups is 1. The van der Waals surface area contributed by atoms with Crippen molar-refractivity contribution in [1.82, 2.24) is 10.6 Å². The van der Waals surface area contributed by atoms with Crippen LogP contribution in [0.25, 0.3) is 0 Å². The van der Waals surface area contributed by atoms with Gasteiger partial charge >= 0.3 is 0 Å². The number of unbranched alkanes of at least 4 members (excludes halogenated alkanes) is 1. The maximum atomic E-state index is 5.90. The first-order valence-electron chi connectivity index (χ1n) is 7.08. The largest absolute Gasteiger partial charge is 0.492 e. The van der Waals surface area contributed by atoms with Crippen LogP contribution in [-0.4, -0.2) is 44.7 Å². The normalized spacial score (nSPS) is 10.8. The molecule has 0 aliphatic rings. The molecule has 0 amide bonds. The van der Waals surface area contributed by atoms with Crippen LogP contribution in [0.2, 0.25) is 5.02 Å². The van der Waals surface area contributed by atoms with E-state index in [-0.39, 0.29) is 24.0 Å². The Bertz CT molecular complexity index is 435. The predicted molar refractivity (Wildman–Crippen MR) is 109 cm³/mol. The van der Waals surface area contributed by atoms with Crippen LogP contribution in [0.1, 0.15) is 12.8 Å². The van der Waals surface area contributed by atoms with Gasteiger partial charge in [0.15, 0.2) is 5.96 Å². The number of aliphatic imine (C=N–C) groups is 1. The molecule has 1 aromatic rings. The van der Waals surface area contributed by atoms with E-state index in [1.165, 1.54) is 12.2 Å². The van der Waals surface area contributed by atoms with Gasteiger partial charge in [-0.05, 0) is 43.0 Å². The third kappa shape index (κ3) is 10.4. The van der Waals surface area contributed by atoms with Crippen LogP contribution >= 0.6 is 47.3 Å². The molecule has 0 aromatic heterocycles. The van der Waals surface area contributed by atoms with E-state index in [2.05, 4.69) is 21.9 Å². The van der Waals surface area contributed by atoms with Gasteiger partial charge in [-0.25, -0.2) is 0 Å². The molecule has 0 aliphatic carbocycles. The zero-order valence-corrected chi connectivity index (χ0v) is 17.0. The lowest BCUT2D eigenvalue weighted by Crippen LogP contribution is -2.39. The average molecular weight is 458 g/mol. The number of benzene rings is 1. The second-order valence-electron chi connectivity index (χ2n) is 4.43. The summed E-state index contributed by atoms with van der Waals surface area (Å²) in [5.74, 6) is 2.81. The fourth-order valence-corrected chi connectivity index (χ4v) is 2.37. The highest BCUT2D eigenvalue weighted by atomic mass is 127. The number of guanidine groups is 1. The summed E-state index contributed by atoms with van der Waals surface area (Å²) >= 11 is 7.78. The van der Waals surface area contributed by atoms with Crippen LogP contribution < -0.4 is 15.4 Å². The zero-order chi connectivity index (χ0) is 15.3. The molecule has 7 heteroatoms. The third-order valence-corrected chi connectivity index (χ3v) is 3.68. The van der Waals surface area contributed by atoms with Crippen molar-refractivity contribution < 1.29 is 4.74 Å². The van der Waals surface area contributed by atoms with E-state index in [1.54, 1.807) is 13.1 Å². The van der Waals surface area contributed by atoms with Crippen LogP contribution in [0.4, 0.5) is 0 Å². The quantitative estimate of drug-likeness (QED) is 0.257. The van der Waals surface area contributed by atoms with Crippen LogP contribution in [0.3, 0.4) is 0 Å². The predicted octanol–water partition coefficient (Wildman–Crippen LogP) is 3.65. The molecule has 0 saturated heterocycles. The Kier molecular flexibility index (Phi) is 14.0. The molecular weight excluding hydrogens is 433 g/mol. The van der Waals surface area contributed by atoms with Crippen LogP contribution in [-0.2, 0) is 0 Å². The molecule has 4 nitrogen and oxygen atoms in total. The summed E-state index contributed by atoms with van der Waals surface area (Å²) < 4.78 is 5.61. The highest BCUT2D eigenvalue weighted by molar-refractivity contribution is 14.0. The highest BCUT2D eigenvalue weighted by Crippen LogP contribution is 2.16. The van der Waals surface area contributed by atoms with Crippen molar-refractivity contribution in [2.75, 3.05) is 38.8 Å². The number of rotatable bonds is 9. The Hall–Kier alpha value is -0.340. The summed E-state index contributed by atoms with van der Waals surface area (Å²) in [6, 6.07) is 7.40. The summed E-state index contributed by atoms with van der Waals surface area (Å²) in [6.45, 7) is 2.19. The van der Waals surface area contributed by atoms with Gasteiger partial charge in [0.05, 0.1) is 6.54 Å². The first-order valence-corrected chi connectivity index (χ1v) is 8.85. The molecule has 0 saturated carbocycles. The van der Waals surface area contributed by atoms with Crippen molar-refractivity contribution in [3.05, 3.63) is 29.3 Å². The monoisotopic (exact) mass is 457 g/mol. The Morgan fingerprint density at radius 1 is 1.27 bits per heavy atom. The van der Waals surface area contributed by atoms with E-state index >= 15 is 0 Å². The second kappa shape index (κ2) is 14.3. The molecule has 0 fully saturated rings. The molecule has 1 aromatic carbocycles. The summed E-state index contributed by atoms with van der Waals surface area (Å²) in [5.41, 5.74) is 0. The van der Waals surface area contributed by atoms with E-state index in [9.17, 15) is 0 Å². The lowest BCUT2D eigenvalue weighted by molar-refractivity contribution is 0.322. The van der Waals surface area contributed by atoms with E-state index in [1.807, 2.05) is 30.0 Å². The van der Waals surface area contributed by atoms with Gasteiger partial charge in [-0.3, -0.25) is 4.99 Å². The average Bonchev–Trinajstić information content (AvgIpc) is 2.49. The number of hydrogen-bond donors (Lipinski definition) is 2. The molecule has 22 heavy (non-hydrogen) atoms. The van der Waals surface area contributed by atoms with E-state index < -0.39 is 0 Å². The summed E-state index contributed by atoms with van der Waals surface area (Å²) in [6.07, 6.45) is 4.51. The lowest BCUT2D eigenvalue weighted by Gasteiger charge is -2.12. The highest BCUT2D eigenvalue weighted by Gasteiger charge is 1.98. The van der Waals surface area contributed by atoms with Gasteiger partial charge < -0.3 is 15.4 Å². The lowest BCUT2D eigenvalue weighted by atomic mass is 10.3. The van der Waals surface area contributed by atoms with Crippen LogP contribution in [0.15, 0.2) is 29.3 Å². The van der Waals surface area contributed by atoms with Gasteiger partial charge in [0.25, 0.3) is 0 Å². The SMILES string of the molecule is CN=C(NCCCCSC)NCCOc1cccc(Cl)c1.I. The van der Waals surface area contributed by atoms with Crippen molar-refractivity contribution in [1.29, 1.82) is 0 Å². The van der Waals surface area contributed by atoms with Crippen molar-refractivity contribution in [2.45, 2.75) is 12.8 Å². The Labute approximate surface area is 159 Å². The summed E-state index contributed by atoms with van der Waals surface area (Å²) in [5, 5.41) is 7.19.